The van der Waals surface area contributed by atoms with Crippen LogP contribution in [0.15, 0.2) is 47.2 Å². The Hall–Kier alpha value is -3.40. The molecule has 0 atom stereocenters. The number of rotatable bonds is 4. The highest BCUT2D eigenvalue weighted by Gasteiger charge is 2.38. The molecule has 1 aromatic carbocycles. The molecule has 2 aliphatic rings. The van der Waals surface area contributed by atoms with Gasteiger partial charge < -0.3 is 10.1 Å². The Morgan fingerprint density at radius 3 is 2.63 bits per heavy atom. The van der Waals surface area contributed by atoms with Crippen molar-refractivity contribution in [3.05, 3.63) is 42.1 Å². The lowest BCUT2D eigenvalue weighted by molar-refractivity contribution is -0.135. The highest BCUT2D eigenvalue weighted by Crippen LogP contribution is 2.24. The van der Waals surface area contributed by atoms with Crippen LogP contribution in [-0.4, -0.2) is 46.0 Å². The largest absolute Gasteiger partial charge is 0.461 e. The summed E-state index contributed by atoms with van der Waals surface area (Å²) in [4.78, 5) is 49.5. The Bertz CT molecular complexity index is 889. The predicted octanol–water partition coefficient (Wildman–Crippen LogP) is 0.470. The lowest BCUT2D eigenvalue weighted by Crippen LogP contribution is -2.50. The standard InChI is InChI=1S/C17H14N4O5S/c1-2-26-16(25)14-11(9-20-13(23)8-12(22)18-17(20)27)15(24)21(19-14)10-6-4-3-5-7-10/h3-7,9H,2,8H2,1H3,(H,18,22,27). The van der Waals surface area contributed by atoms with Crippen LogP contribution in [0.1, 0.15) is 13.3 Å². The lowest BCUT2D eigenvalue weighted by Gasteiger charge is -2.24. The summed E-state index contributed by atoms with van der Waals surface area (Å²) >= 11 is 4.98. The van der Waals surface area contributed by atoms with Crippen molar-refractivity contribution in [1.82, 2.24) is 10.2 Å². The number of hydrogen-bond donors (Lipinski definition) is 1. The number of esters is 1. The van der Waals surface area contributed by atoms with E-state index in [0.717, 1.165) is 16.1 Å². The number of anilines is 1. The topological polar surface area (TPSA) is 108 Å². The zero-order valence-electron chi connectivity index (χ0n) is 14.2. The van der Waals surface area contributed by atoms with E-state index in [1.807, 2.05) is 0 Å². The number of para-hydroxylation sites is 1. The van der Waals surface area contributed by atoms with Gasteiger partial charge in [0.15, 0.2) is 10.8 Å². The van der Waals surface area contributed by atoms with Crippen LogP contribution in [-0.2, 0) is 23.9 Å². The first-order chi connectivity index (χ1) is 12.9. The molecular weight excluding hydrogens is 372 g/mol. The van der Waals surface area contributed by atoms with Crippen LogP contribution in [0.25, 0.3) is 0 Å². The van der Waals surface area contributed by atoms with Gasteiger partial charge in [0, 0.05) is 6.20 Å². The van der Waals surface area contributed by atoms with Crippen LogP contribution in [0.3, 0.4) is 0 Å². The Balaban J connectivity index is 2.01. The van der Waals surface area contributed by atoms with Crippen molar-refractivity contribution >= 4 is 52.4 Å². The van der Waals surface area contributed by atoms with E-state index in [1.165, 1.54) is 0 Å². The van der Waals surface area contributed by atoms with Crippen molar-refractivity contribution in [2.24, 2.45) is 5.10 Å². The minimum absolute atomic E-state index is 0.0851. The Labute approximate surface area is 159 Å². The normalized spacial score (nSPS) is 18.7. The average Bonchev–Trinajstić information content (AvgIpc) is 2.95. The number of benzene rings is 1. The van der Waals surface area contributed by atoms with Crippen LogP contribution >= 0.6 is 12.2 Å². The molecule has 10 heteroatoms. The maximum atomic E-state index is 12.8. The summed E-state index contributed by atoms with van der Waals surface area (Å²) in [5.74, 6) is -2.60. The van der Waals surface area contributed by atoms with Crippen molar-refractivity contribution < 1.29 is 23.9 Å². The average molecular weight is 386 g/mol. The van der Waals surface area contributed by atoms with Crippen molar-refractivity contribution in [1.29, 1.82) is 0 Å². The fourth-order valence-electron chi connectivity index (χ4n) is 2.44. The first kappa shape index (κ1) is 18.4. The van der Waals surface area contributed by atoms with Gasteiger partial charge in [-0.1, -0.05) is 18.2 Å². The molecule has 0 bridgehead atoms. The Kier molecular flexibility index (Phi) is 5.08. The minimum atomic E-state index is -0.810. The molecule has 1 saturated heterocycles. The van der Waals surface area contributed by atoms with E-state index in [0.29, 0.717) is 5.69 Å². The van der Waals surface area contributed by atoms with E-state index in [-0.39, 0.29) is 23.0 Å². The SMILES string of the molecule is CCOC(=O)C1=NN(c2ccccc2)C(=O)C1=CN1C(=O)CC(=O)NC1=S. The first-order valence-electron chi connectivity index (χ1n) is 7.95. The fourth-order valence-corrected chi connectivity index (χ4v) is 2.71. The molecule has 0 unspecified atom stereocenters. The van der Waals surface area contributed by atoms with Crippen LogP contribution in [0, 0.1) is 0 Å². The summed E-state index contributed by atoms with van der Waals surface area (Å²) < 4.78 is 4.95. The number of nitrogens with zero attached hydrogens (tertiary/aromatic N) is 3. The smallest absolute Gasteiger partial charge is 0.359 e. The summed E-state index contributed by atoms with van der Waals surface area (Å²) in [5.41, 5.74) is 0.0240. The van der Waals surface area contributed by atoms with E-state index in [1.54, 1.807) is 37.3 Å². The number of hydrazone groups is 1. The van der Waals surface area contributed by atoms with E-state index in [4.69, 9.17) is 17.0 Å². The minimum Gasteiger partial charge on any atom is -0.461 e. The second-order valence-corrected chi connectivity index (χ2v) is 5.84. The van der Waals surface area contributed by atoms with Crippen molar-refractivity contribution in [2.45, 2.75) is 13.3 Å². The van der Waals surface area contributed by atoms with Crippen LogP contribution in [0.5, 0.6) is 0 Å². The van der Waals surface area contributed by atoms with Crippen LogP contribution in [0.2, 0.25) is 0 Å². The van der Waals surface area contributed by atoms with Gasteiger partial charge in [0.1, 0.15) is 6.42 Å². The maximum Gasteiger partial charge on any atom is 0.359 e. The highest BCUT2D eigenvalue weighted by molar-refractivity contribution is 7.80. The lowest BCUT2D eigenvalue weighted by atomic mass is 10.1. The Morgan fingerprint density at radius 2 is 2.00 bits per heavy atom. The predicted molar refractivity (Wildman–Crippen MR) is 98.3 cm³/mol. The number of carbonyl (C=O) groups is 4. The van der Waals surface area contributed by atoms with Gasteiger partial charge in [-0.3, -0.25) is 19.3 Å². The van der Waals surface area contributed by atoms with E-state index < -0.39 is 30.1 Å². The van der Waals surface area contributed by atoms with Crippen molar-refractivity contribution in [3.63, 3.8) is 0 Å². The molecule has 9 nitrogen and oxygen atoms in total. The molecule has 0 aromatic heterocycles. The van der Waals surface area contributed by atoms with Gasteiger partial charge in [-0.25, -0.2) is 4.79 Å². The molecule has 0 spiro atoms. The van der Waals surface area contributed by atoms with Crippen LogP contribution in [0.4, 0.5) is 5.69 Å². The molecule has 0 saturated carbocycles. The summed E-state index contributed by atoms with van der Waals surface area (Å²) in [6.45, 7) is 1.70. The molecule has 1 aromatic rings. The summed E-state index contributed by atoms with van der Waals surface area (Å²) in [6.07, 6.45) is 0.678. The molecular formula is C17H14N4O5S. The van der Waals surface area contributed by atoms with E-state index >= 15 is 0 Å². The molecule has 1 fully saturated rings. The highest BCUT2D eigenvalue weighted by atomic mass is 32.1. The van der Waals surface area contributed by atoms with Crippen LogP contribution < -0.4 is 10.3 Å². The zero-order chi connectivity index (χ0) is 19.6. The van der Waals surface area contributed by atoms with Crippen molar-refractivity contribution in [2.75, 3.05) is 11.6 Å². The molecule has 3 rings (SSSR count). The number of ether oxygens (including phenoxy) is 1. The maximum absolute atomic E-state index is 12.8. The van der Waals surface area contributed by atoms with Crippen molar-refractivity contribution in [3.8, 4) is 0 Å². The second-order valence-electron chi connectivity index (χ2n) is 5.46. The monoisotopic (exact) mass is 386 g/mol. The number of nitrogens with one attached hydrogen (secondary N) is 1. The van der Waals surface area contributed by atoms with Gasteiger partial charge in [-0.2, -0.15) is 10.1 Å². The van der Waals surface area contributed by atoms with Gasteiger partial charge >= 0.3 is 5.97 Å². The third kappa shape index (κ3) is 3.60. The van der Waals surface area contributed by atoms with E-state index in [9.17, 15) is 19.2 Å². The second kappa shape index (κ2) is 7.46. The number of carbonyl (C=O) groups excluding carboxylic acids is 4. The summed E-state index contributed by atoms with van der Waals surface area (Å²) in [5, 5.41) is 7.24. The molecule has 3 amide bonds. The summed E-state index contributed by atoms with van der Waals surface area (Å²) in [6, 6.07) is 8.48. The fraction of sp³-hybridized carbons (Fsp3) is 0.176. The molecule has 2 heterocycles. The third-order valence-electron chi connectivity index (χ3n) is 3.65. The van der Waals surface area contributed by atoms with Gasteiger partial charge in [0.2, 0.25) is 11.8 Å². The van der Waals surface area contributed by atoms with Gasteiger partial charge in [0.05, 0.1) is 17.9 Å². The summed E-state index contributed by atoms with van der Waals surface area (Å²) in [7, 11) is 0. The van der Waals surface area contributed by atoms with Gasteiger partial charge in [0.25, 0.3) is 5.91 Å². The number of hydrogen-bond acceptors (Lipinski definition) is 7. The Morgan fingerprint density at radius 1 is 1.30 bits per heavy atom. The van der Waals surface area contributed by atoms with E-state index in [2.05, 4.69) is 10.4 Å². The third-order valence-corrected chi connectivity index (χ3v) is 3.95. The zero-order valence-corrected chi connectivity index (χ0v) is 15.0. The number of thiocarbonyl (C=S) groups is 1. The molecule has 1 N–H and O–H groups in total. The van der Waals surface area contributed by atoms with Gasteiger partial charge in [-0.05, 0) is 31.3 Å². The molecule has 27 heavy (non-hydrogen) atoms. The number of amides is 3. The molecule has 0 aliphatic carbocycles. The molecule has 138 valence electrons. The first-order valence-corrected chi connectivity index (χ1v) is 8.36. The molecule has 2 aliphatic heterocycles. The quantitative estimate of drug-likeness (QED) is 0.349. The molecule has 0 radical (unpaired) electrons. The van der Waals surface area contributed by atoms with Gasteiger partial charge in [-0.15, -0.1) is 0 Å².